The Labute approximate surface area is 142 Å². The largest absolute Gasteiger partial charge is 0.353 e. The maximum Gasteiger partial charge on any atom is 0.224 e. The molecule has 1 fully saturated rings. The van der Waals surface area contributed by atoms with Crippen LogP contribution in [-0.2, 0) is 16.0 Å². The summed E-state index contributed by atoms with van der Waals surface area (Å²) in [6.45, 7) is 4.23. The second-order valence-electron chi connectivity index (χ2n) is 7.47. The minimum atomic E-state index is -0.271. The molecule has 3 atom stereocenters. The highest BCUT2D eigenvalue weighted by atomic mass is 19.1. The van der Waals surface area contributed by atoms with Gasteiger partial charge in [0.25, 0.3) is 0 Å². The summed E-state index contributed by atoms with van der Waals surface area (Å²) in [5, 5.41) is 6.06. The van der Waals surface area contributed by atoms with Gasteiger partial charge in [-0.05, 0) is 54.9 Å². The Morgan fingerprint density at radius 2 is 2.21 bits per heavy atom. The van der Waals surface area contributed by atoms with Gasteiger partial charge in [0.05, 0.1) is 6.04 Å². The quantitative estimate of drug-likeness (QED) is 0.891. The van der Waals surface area contributed by atoms with Crippen molar-refractivity contribution in [2.45, 2.75) is 58.0 Å². The third-order valence-corrected chi connectivity index (χ3v) is 4.99. The number of amides is 2. The molecule has 0 aromatic heterocycles. The zero-order valence-electron chi connectivity index (χ0n) is 14.3. The number of aryl methyl sites for hydroxylation is 1. The lowest BCUT2D eigenvalue weighted by Gasteiger charge is -2.31. The number of carbonyl (C=O) groups is 2. The van der Waals surface area contributed by atoms with E-state index in [0.29, 0.717) is 12.3 Å². The predicted octanol–water partition coefficient (Wildman–Crippen LogP) is 2.87. The van der Waals surface area contributed by atoms with Crippen LogP contribution in [-0.4, -0.2) is 17.9 Å². The summed E-state index contributed by atoms with van der Waals surface area (Å²) >= 11 is 0. The van der Waals surface area contributed by atoms with E-state index in [0.717, 1.165) is 30.4 Å². The van der Waals surface area contributed by atoms with Crippen molar-refractivity contribution in [3.8, 4) is 0 Å². The summed E-state index contributed by atoms with van der Waals surface area (Å²) in [5.41, 5.74) is 1.98. The molecule has 4 nitrogen and oxygen atoms in total. The number of halogens is 1. The summed E-state index contributed by atoms with van der Waals surface area (Å²) in [6.07, 6.45) is 3.40. The van der Waals surface area contributed by atoms with E-state index in [9.17, 15) is 14.0 Å². The highest BCUT2D eigenvalue weighted by molar-refractivity contribution is 5.87. The monoisotopic (exact) mass is 332 g/mol. The van der Waals surface area contributed by atoms with Crippen LogP contribution in [0.5, 0.6) is 0 Å². The van der Waals surface area contributed by atoms with Gasteiger partial charge in [0, 0.05) is 18.4 Å². The van der Waals surface area contributed by atoms with Crippen LogP contribution in [0, 0.1) is 17.7 Å². The number of carbonyl (C=O) groups excluding carboxylic acids is 2. The van der Waals surface area contributed by atoms with E-state index in [1.54, 1.807) is 12.1 Å². The summed E-state index contributed by atoms with van der Waals surface area (Å²) < 4.78 is 13.3. The van der Waals surface area contributed by atoms with E-state index in [-0.39, 0.29) is 42.1 Å². The van der Waals surface area contributed by atoms with Crippen molar-refractivity contribution < 1.29 is 14.0 Å². The van der Waals surface area contributed by atoms with Crippen LogP contribution in [0.1, 0.15) is 56.7 Å². The molecule has 0 spiro atoms. The van der Waals surface area contributed by atoms with Crippen LogP contribution in [0.15, 0.2) is 18.2 Å². The van der Waals surface area contributed by atoms with Gasteiger partial charge in [-0.1, -0.05) is 19.9 Å². The van der Waals surface area contributed by atoms with Crippen molar-refractivity contribution in [3.05, 3.63) is 35.1 Å². The summed E-state index contributed by atoms with van der Waals surface area (Å²) in [5.74, 6) is -0.122. The molecule has 2 aliphatic rings. The zero-order valence-corrected chi connectivity index (χ0v) is 14.3. The van der Waals surface area contributed by atoms with Crippen molar-refractivity contribution in [2.24, 2.45) is 11.8 Å². The number of hydrogen-bond donors (Lipinski definition) is 2. The first-order chi connectivity index (χ1) is 11.4. The van der Waals surface area contributed by atoms with Crippen molar-refractivity contribution in [1.82, 2.24) is 10.6 Å². The summed E-state index contributed by atoms with van der Waals surface area (Å²) in [4.78, 5) is 24.6. The van der Waals surface area contributed by atoms with Gasteiger partial charge in [-0.25, -0.2) is 4.39 Å². The molecule has 1 aliphatic heterocycles. The van der Waals surface area contributed by atoms with E-state index in [1.165, 1.54) is 6.07 Å². The van der Waals surface area contributed by atoms with Gasteiger partial charge in [-0.2, -0.15) is 0 Å². The molecule has 1 saturated heterocycles. The van der Waals surface area contributed by atoms with E-state index in [2.05, 4.69) is 24.5 Å². The van der Waals surface area contributed by atoms with E-state index in [4.69, 9.17) is 0 Å². The zero-order chi connectivity index (χ0) is 17.3. The Kier molecular flexibility index (Phi) is 4.88. The predicted molar refractivity (Wildman–Crippen MR) is 89.7 cm³/mol. The number of nitrogens with one attached hydrogen (secondary N) is 2. The molecule has 1 aromatic rings. The lowest BCUT2D eigenvalue weighted by molar-refractivity contribution is -0.134. The number of hydrogen-bond acceptors (Lipinski definition) is 2. The molecule has 0 saturated carbocycles. The molecule has 1 aliphatic carbocycles. The fraction of sp³-hybridized carbons (Fsp3) is 0.579. The first-order valence-corrected chi connectivity index (χ1v) is 8.80. The SMILES string of the molecule is CC(C)C[C@@H]1C[C@H](C(=O)N[C@@H]2CCc3cc(F)ccc32)CC(=O)N1. The molecular weight excluding hydrogens is 307 g/mol. The molecule has 0 radical (unpaired) electrons. The molecule has 5 heteroatoms. The second-order valence-corrected chi connectivity index (χ2v) is 7.47. The van der Waals surface area contributed by atoms with Crippen LogP contribution in [0.4, 0.5) is 4.39 Å². The topological polar surface area (TPSA) is 58.2 Å². The first kappa shape index (κ1) is 16.9. The third-order valence-electron chi connectivity index (χ3n) is 4.99. The van der Waals surface area contributed by atoms with Crippen LogP contribution in [0.3, 0.4) is 0 Å². The molecular formula is C19H25FN2O2. The molecule has 1 aromatic carbocycles. The van der Waals surface area contributed by atoms with Crippen LogP contribution >= 0.6 is 0 Å². The van der Waals surface area contributed by atoms with Gasteiger partial charge in [0.1, 0.15) is 5.82 Å². The Morgan fingerprint density at radius 3 is 2.96 bits per heavy atom. The Balaban J connectivity index is 1.64. The Bertz CT molecular complexity index is 644. The van der Waals surface area contributed by atoms with Gasteiger partial charge >= 0.3 is 0 Å². The van der Waals surface area contributed by atoms with Crippen LogP contribution in [0.25, 0.3) is 0 Å². The van der Waals surface area contributed by atoms with Crippen LogP contribution < -0.4 is 10.6 Å². The summed E-state index contributed by atoms with van der Waals surface area (Å²) in [6, 6.07) is 4.76. The van der Waals surface area contributed by atoms with Crippen molar-refractivity contribution >= 4 is 11.8 Å². The fourth-order valence-electron chi connectivity index (χ4n) is 3.95. The lowest BCUT2D eigenvalue weighted by atomic mass is 9.87. The minimum Gasteiger partial charge on any atom is -0.353 e. The number of benzene rings is 1. The normalized spacial score (nSPS) is 26.2. The molecule has 2 N–H and O–H groups in total. The lowest BCUT2D eigenvalue weighted by Crippen LogP contribution is -2.47. The smallest absolute Gasteiger partial charge is 0.224 e. The number of rotatable bonds is 4. The van der Waals surface area contributed by atoms with Gasteiger partial charge in [-0.15, -0.1) is 0 Å². The fourth-order valence-corrected chi connectivity index (χ4v) is 3.95. The van der Waals surface area contributed by atoms with Gasteiger partial charge < -0.3 is 10.6 Å². The maximum atomic E-state index is 13.3. The molecule has 1 heterocycles. The molecule has 130 valence electrons. The number of piperidine rings is 1. The van der Waals surface area contributed by atoms with E-state index < -0.39 is 0 Å². The van der Waals surface area contributed by atoms with Crippen molar-refractivity contribution in [2.75, 3.05) is 0 Å². The Morgan fingerprint density at radius 1 is 1.42 bits per heavy atom. The minimum absolute atomic E-state index is 0.0408. The average molecular weight is 332 g/mol. The van der Waals surface area contributed by atoms with Crippen LogP contribution in [0.2, 0.25) is 0 Å². The first-order valence-electron chi connectivity index (χ1n) is 8.80. The van der Waals surface area contributed by atoms with Crippen molar-refractivity contribution in [1.29, 1.82) is 0 Å². The summed E-state index contributed by atoms with van der Waals surface area (Å²) in [7, 11) is 0. The highest BCUT2D eigenvalue weighted by Crippen LogP contribution is 2.32. The maximum absolute atomic E-state index is 13.3. The van der Waals surface area contributed by atoms with Gasteiger partial charge in [0.15, 0.2) is 0 Å². The molecule has 0 bridgehead atoms. The highest BCUT2D eigenvalue weighted by Gasteiger charge is 2.33. The van der Waals surface area contributed by atoms with Crippen molar-refractivity contribution in [3.63, 3.8) is 0 Å². The number of fused-ring (bicyclic) bond motifs is 1. The van der Waals surface area contributed by atoms with Gasteiger partial charge in [0.2, 0.25) is 11.8 Å². The third kappa shape index (κ3) is 3.77. The van der Waals surface area contributed by atoms with E-state index >= 15 is 0 Å². The Hall–Kier alpha value is -1.91. The van der Waals surface area contributed by atoms with E-state index in [1.807, 2.05) is 0 Å². The molecule has 3 rings (SSSR count). The average Bonchev–Trinajstić information content (AvgIpc) is 2.88. The standard InChI is InChI=1S/C19H25FN2O2/c1-11(2)7-15-9-13(10-18(23)21-15)19(24)22-17-6-3-12-8-14(20)4-5-16(12)17/h4-5,8,11,13,15,17H,3,6-7,9-10H2,1-2H3,(H,21,23)(H,22,24)/t13-,15+,17+/m0/s1. The second kappa shape index (κ2) is 6.91. The molecule has 2 amide bonds. The molecule has 0 unspecified atom stereocenters. The molecule has 24 heavy (non-hydrogen) atoms. The van der Waals surface area contributed by atoms with Gasteiger partial charge in [-0.3, -0.25) is 9.59 Å².